The molecule has 1 aliphatic heterocycles. The molecule has 0 unspecified atom stereocenters. The summed E-state index contributed by atoms with van der Waals surface area (Å²) >= 11 is 0. The van der Waals surface area contributed by atoms with Crippen molar-refractivity contribution in [1.29, 1.82) is 0 Å². The van der Waals surface area contributed by atoms with Crippen molar-refractivity contribution in [3.63, 3.8) is 0 Å². The lowest BCUT2D eigenvalue weighted by Gasteiger charge is -2.34. The Balaban J connectivity index is 1.53. The number of quaternary nitrogens is 1. The second kappa shape index (κ2) is 7.94. The van der Waals surface area contributed by atoms with Gasteiger partial charge in [-0.05, 0) is 31.2 Å². The van der Waals surface area contributed by atoms with Crippen LogP contribution < -0.4 is 10.2 Å². The first-order chi connectivity index (χ1) is 12.1. The largest absolute Gasteiger partial charge is 0.327 e. The molecule has 25 heavy (non-hydrogen) atoms. The lowest BCUT2D eigenvalue weighted by molar-refractivity contribution is -0.917. The average Bonchev–Trinajstić information content (AvgIpc) is 2.68. The number of para-hydroxylation sites is 1. The quantitative estimate of drug-likeness (QED) is 0.876. The van der Waals surface area contributed by atoms with E-state index in [0.29, 0.717) is 13.1 Å². The summed E-state index contributed by atoms with van der Waals surface area (Å²) in [6.45, 7) is 4.85. The van der Waals surface area contributed by atoms with Crippen LogP contribution in [0.3, 0.4) is 0 Å². The van der Waals surface area contributed by atoms with E-state index in [1.807, 2.05) is 72.5 Å². The molecule has 2 N–H and O–H groups in total. The van der Waals surface area contributed by atoms with E-state index < -0.39 is 0 Å². The number of anilines is 1. The molecule has 0 aliphatic carbocycles. The summed E-state index contributed by atoms with van der Waals surface area (Å²) in [6.07, 6.45) is 0. The second-order valence-electron chi connectivity index (χ2n) is 6.39. The molecule has 1 aliphatic rings. The molecule has 5 heteroatoms. The van der Waals surface area contributed by atoms with Crippen LogP contribution in [0.4, 0.5) is 5.69 Å². The van der Waals surface area contributed by atoms with Crippen molar-refractivity contribution < 1.29 is 14.5 Å². The first kappa shape index (κ1) is 17.2. The van der Waals surface area contributed by atoms with Gasteiger partial charge < -0.3 is 15.1 Å². The Morgan fingerprint density at radius 3 is 2.12 bits per heavy atom. The molecule has 1 heterocycles. The molecular formula is C20H24N3O2+. The van der Waals surface area contributed by atoms with Gasteiger partial charge in [-0.2, -0.15) is 0 Å². The van der Waals surface area contributed by atoms with Crippen molar-refractivity contribution in [3.8, 4) is 0 Å². The molecule has 1 saturated heterocycles. The number of benzene rings is 2. The number of carbonyl (C=O) groups excluding carboxylic acids is 2. The Labute approximate surface area is 148 Å². The Hall–Kier alpha value is -2.66. The maximum absolute atomic E-state index is 12.5. The van der Waals surface area contributed by atoms with Gasteiger partial charge in [0.2, 0.25) is 0 Å². The van der Waals surface area contributed by atoms with Gasteiger partial charge in [0.1, 0.15) is 0 Å². The van der Waals surface area contributed by atoms with Gasteiger partial charge in [0.25, 0.3) is 11.8 Å². The summed E-state index contributed by atoms with van der Waals surface area (Å²) < 4.78 is 0. The molecule has 0 spiro atoms. The highest BCUT2D eigenvalue weighted by Crippen LogP contribution is 2.06. The fraction of sp³-hybridized carbons (Fsp3) is 0.300. The molecule has 1 atom stereocenters. The van der Waals surface area contributed by atoms with Crippen LogP contribution in [-0.4, -0.2) is 48.9 Å². The number of amides is 2. The lowest BCUT2D eigenvalue weighted by Crippen LogP contribution is -3.19. The Morgan fingerprint density at radius 1 is 0.960 bits per heavy atom. The predicted molar refractivity (Wildman–Crippen MR) is 97.6 cm³/mol. The number of nitrogens with one attached hydrogen (secondary N) is 2. The zero-order chi connectivity index (χ0) is 17.6. The number of piperazine rings is 1. The molecule has 2 aromatic carbocycles. The molecule has 0 aromatic heterocycles. The minimum absolute atomic E-state index is 0.0176. The molecular weight excluding hydrogens is 314 g/mol. The van der Waals surface area contributed by atoms with Gasteiger partial charge in [-0.1, -0.05) is 36.4 Å². The van der Waals surface area contributed by atoms with Crippen molar-refractivity contribution in [2.75, 3.05) is 31.5 Å². The van der Waals surface area contributed by atoms with Gasteiger partial charge >= 0.3 is 0 Å². The Kier molecular flexibility index (Phi) is 5.46. The third kappa shape index (κ3) is 4.25. The fourth-order valence-corrected chi connectivity index (χ4v) is 3.15. The van der Waals surface area contributed by atoms with E-state index in [4.69, 9.17) is 0 Å². The highest BCUT2D eigenvalue weighted by atomic mass is 16.2. The number of rotatable bonds is 4. The topological polar surface area (TPSA) is 53.9 Å². The Morgan fingerprint density at radius 2 is 1.52 bits per heavy atom. The first-order valence-electron chi connectivity index (χ1n) is 8.70. The standard InChI is InChI=1S/C20H23N3O2/c1-16(19(24)21-18-10-6-3-7-11-18)22-12-14-23(15-13-22)20(25)17-8-4-2-5-9-17/h2-11,16H,12-15H2,1H3,(H,21,24)/p+1/t16-/m0/s1. The van der Waals surface area contributed by atoms with Crippen LogP contribution in [0.5, 0.6) is 0 Å². The van der Waals surface area contributed by atoms with Crippen molar-refractivity contribution in [1.82, 2.24) is 4.90 Å². The molecule has 2 amide bonds. The number of hydrogen-bond donors (Lipinski definition) is 2. The van der Waals surface area contributed by atoms with Crippen molar-refractivity contribution in [2.45, 2.75) is 13.0 Å². The second-order valence-corrected chi connectivity index (χ2v) is 6.39. The maximum atomic E-state index is 12.5. The fourth-order valence-electron chi connectivity index (χ4n) is 3.15. The molecule has 0 radical (unpaired) electrons. The van der Waals surface area contributed by atoms with E-state index in [1.165, 1.54) is 4.90 Å². The summed E-state index contributed by atoms with van der Waals surface area (Å²) in [6, 6.07) is 18.7. The van der Waals surface area contributed by atoms with E-state index in [0.717, 1.165) is 24.3 Å². The van der Waals surface area contributed by atoms with Gasteiger partial charge in [0.05, 0.1) is 26.2 Å². The molecule has 3 rings (SSSR count). The third-order valence-electron chi connectivity index (χ3n) is 4.76. The van der Waals surface area contributed by atoms with Crippen LogP contribution in [0.1, 0.15) is 17.3 Å². The van der Waals surface area contributed by atoms with Crippen LogP contribution in [-0.2, 0) is 4.79 Å². The molecule has 130 valence electrons. The van der Waals surface area contributed by atoms with Crippen LogP contribution in [0.2, 0.25) is 0 Å². The summed E-state index contributed by atoms with van der Waals surface area (Å²) in [5.41, 5.74) is 1.54. The highest BCUT2D eigenvalue weighted by molar-refractivity contribution is 5.94. The van der Waals surface area contributed by atoms with Crippen molar-refractivity contribution in [3.05, 3.63) is 66.2 Å². The van der Waals surface area contributed by atoms with Crippen molar-refractivity contribution >= 4 is 17.5 Å². The van der Waals surface area contributed by atoms with Gasteiger partial charge in [-0.15, -0.1) is 0 Å². The van der Waals surface area contributed by atoms with Crippen LogP contribution in [0.25, 0.3) is 0 Å². The van der Waals surface area contributed by atoms with E-state index in [2.05, 4.69) is 5.32 Å². The third-order valence-corrected chi connectivity index (χ3v) is 4.76. The minimum Gasteiger partial charge on any atom is -0.327 e. The predicted octanol–water partition coefficient (Wildman–Crippen LogP) is 1.05. The van der Waals surface area contributed by atoms with Gasteiger partial charge in [-0.25, -0.2) is 0 Å². The lowest BCUT2D eigenvalue weighted by atomic mass is 10.1. The smallest absolute Gasteiger partial charge is 0.282 e. The van der Waals surface area contributed by atoms with Gasteiger partial charge in [-0.3, -0.25) is 9.59 Å². The summed E-state index contributed by atoms with van der Waals surface area (Å²) in [5.74, 6) is 0.0880. The average molecular weight is 338 g/mol. The first-order valence-corrected chi connectivity index (χ1v) is 8.70. The maximum Gasteiger partial charge on any atom is 0.282 e. The van der Waals surface area contributed by atoms with Gasteiger partial charge in [0.15, 0.2) is 6.04 Å². The molecule has 5 nitrogen and oxygen atoms in total. The minimum atomic E-state index is -0.144. The Bertz CT molecular complexity index is 710. The van der Waals surface area contributed by atoms with Crippen LogP contribution in [0, 0.1) is 0 Å². The van der Waals surface area contributed by atoms with Crippen molar-refractivity contribution in [2.24, 2.45) is 0 Å². The number of nitrogens with zero attached hydrogens (tertiary/aromatic N) is 1. The van der Waals surface area contributed by atoms with E-state index in [1.54, 1.807) is 0 Å². The molecule has 1 fully saturated rings. The van der Waals surface area contributed by atoms with Gasteiger partial charge in [0, 0.05) is 11.3 Å². The zero-order valence-electron chi connectivity index (χ0n) is 14.4. The molecule has 0 saturated carbocycles. The number of carbonyl (C=O) groups is 2. The van der Waals surface area contributed by atoms with E-state index in [-0.39, 0.29) is 17.9 Å². The van der Waals surface area contributed by atoms with Crippen LogP contribution in [0.15, 0.2) is 60.7 Å². The number of hydrogen-bond acceptors (Lipinski definition) is 2. The zero-order valence-corrected chi connectivity index (χ0v) is 14.4. The van der Waals surface area contributed by atoms with E-state index in [9.17, 15) is 9.59 Å². The molecule has 0 bridgehead atoms. The van der Waals surface area contributed by atoms with Crippen LogP contribution >= 0.6 is 0 Å². The molecule has 2 aromatic rings. The summed E-state index contributed by atoms with van der Waals surface area (Å²) in [4.78, 5) is 28.0. The van der Waals surface area contributed by atoms with E-state index >= 15 is 0 Å². The summed E-state index contributed by atoms with van der Waals surface area (Å²) in [7, 11) is 0. The highest BCUT2D eigenvalue weighted by Gasteiger charge is 2.31. The SMILES string of the molecule is C[C@@H](C(=O)Nc1ccccc1)[NH+]1CCN(C(=O)c2ccccc2)CC1. The monoisotopic (exact) mass is 338 g/mol. The normalized spacial score (nSPS) is 16.3. The summed E-state index contributed by atoms with van der Waals surface area (Å²) in [5, 5.41) is 2.96.